The summed E-state index contributed by atoms with van der Waals surface area (Å²) < 4.78 is 14.0. The fraction of sp³-hybridized carbons (Fsp3) is 0.400. The van der Waals surface area contributed by atoms with E-state index in [9.17, 15) is 4.39 Å². The number of halogens is 2. The Morgan fingerprint density at radius 1 is 1.24 bits per heavy atom. The number of anilines is 1. The lowest BCUT2D eigenvalue weighted by atomic mass is 10.2. The Morgan fingerprint density at radius 3 is 2.90 bits per heavy atom. The second-order valence-corrected chi connectivity index (χ2v) is 6.89. The van der Waals surface area contributed by atoms with Crippen molar-refractivity contribution in [2.45, 2.75) is 13.0 Å². The number of rotatable bonds is 3. The minimum atomic E-state index is -0.198. The largest absolute Gasteiger partial charge is 0.347 e. The quantitative estimate of drug-likeness (QED) is 0.820. The number of benzene rings is 1. The second kappa shape index (κ2) is 6.85. The average molecular weight is 370 g/mol. The van der Waals surface area contributed by atoms with Gasteiger partial charge in [-0.1, -0.05) is 22.0 Å². The number of thiazole rings is 1. The van der Waals surface area contributed by atoms with Gasteiger partial charge in [0, 0.05) is 48.8 Å². The third-order valence-corrected chi connectivity index (χ3v) is 5.26. The van der Waals surface area contributed by atoms with Crippen molar-refractivity contribution in [2.24, 2.45) is 0 Å². The van der Waals surface area contributed by atoms with E-state index in [0.29, 0.717) is 0 Å². The molecular weight excluding hydrogens is 353 g/mol. The van der Waals surface area contributed by atoms with Crippen molar-refractivity contribution < 1.29 is 4.39 Å². The van der Waals surface area contributed by atoms with Gasteiger partial charge in [-0.2, -0.15) is 0 Å². The molecule has 6 heteroatoms. The van der Waals surface area contributed by atoms with Crippen LogP contribution in [0.2, 0.25) is 0 Å². The molecule has 0 radical (unpaired) electrons. The predicted octanol–water partition coefficient (Wildman–Crippen LogP) is 3.76. The van der Waals surface area contributed by atoms with Crippen molar-refractivity contribution in [2.75, 3.05) is 31.1 Å². The number of aromatic nitrogens is 1. The predicted molar refractivity (Wildman–Crippen MR) is 88.3 cm³/mol. The second-order valence-electron chi connectivity index (χ2n) is 5.17. The van der Waals surface area contributed by atoms with E-state index in [4.69, 9.17) is 0 Å². The van der Waals surface area contributed by atoms with Crippen LogP contribution in [0.3, 0.4) is 0 Å². The Hall–Kier alpha value is -0.980. The van der Waals surface area contributed by atoms with Crippen molar-refractivity contribution >= 4 is 32.4 Å². The SMILES string of the molecule is Fc1ccc(CN2CCCN(c3nccs3)CC2)c(Br)c1. The van der Waals surface area contributed by atoms with E-state index in [-0.39, 0.29) is 5.82 Å². The summed E-state index contributed by atoms with van der Waals surface area (Å²) in [7, 11) is 0. The Labute approximate surface area is 136 Å². The van der Waals surface area contributed by atoms with Gasteiger partial charge >= 0.3 is 0 Å². The van der Waals surface area contributed by atoms with Crippen LogP contribution >= 0.6 is 27.3 Å². The van der Waals surface area contributed by atoms with E-state index in [1.807, 2.05) is 17.6 Å². The van der Waals surface area contributed by atoms with E-state index < -0.39 is 0 Å². The molecule has 0 unspecified atom stereocenters. The van der Waals surface area contributed by atoms with Crippen LogP contribution in [0.1, 0.15) is 12.0 Å². The molecule has 0 spiro atoms. The smallest absolute Gasteiger partial charge is 0.185 e. The normalized spacial score (nSPS) is 17.0. The molecule has 0 saturated carbocycles. The number of hydrogen-bond donors (Lipinski definition) is 0. The molecular formula is C15H17BrFN3S. The minimum Gasteiger partial charge on any atom is -0.347 e. The maximum atomic E-state index is 13.1. The summed E-state index contributed by atoms with van der Waals surface area (Å²) in [6.07, 6.45) is 2.98. The molecule has 2 heterocycles. The molecule has 1 aromatic heterocycles. The summed E-state index contributed by atoms with van der Waals surface area (Å²) in [6, 6.07) is 4.93. The molecule has 112 valence electrons. The van der Waals surface area contributed by atoms with Crippen LogP contribution in [0.4, 0.5) is 9.52 Å². The maximum Gasteiger partial charge on any atom is 0.185 e. The molecule has 1 aromatic carbocycles. The zero-order chi connectivity index (χ0) is 14.7. The van der Waals surface area contributed by atoms with Crippen LogP contribution in [-0.4, -0.2) is 36.1 Å². The van der Waals surface area contributed by atoms with Crippen LogP contribution in [0.15, 0.2) is 34.2 Å². The standard InChI is InChI=1S/C15H17BrFN3S/c16-14-10-13(17)3-2-12(14)11-19-5-1-6-20(8-7-19)15-18-4-9-21-15/h2-4,9-10H,1,5-8,11H2. The van der Waals surface area contributed by atoms with E-state index >= 15 is 0 Å². The zero-order valence-electron chi connectivity index (χ0n) is 11.6. The van der Waals surface area contributed by atoms with Gasteiger partial charge in [-0.15, -0.1) is 11.3 Å². The van der Waals surface area contributed by atoms with Crippen LogP contribution in [-0.2, 0) is 6.54 Å². The average Bonchev–Trinajstić information content (AvgIpc) is 2.89. The van der Waals surface area contributed by atoms with Gasteiger partial charge in [0.1, 0.15) is 5.82 Å². The first-order chi connectivity index (χ1) is 10.2. The summed E-state index contributed by atoms with van der Waals surface area (Å²) in [5, 5.41) is 3.13. The Kier molecular flexibility index (Phi) is 4.87. The highest BCUT2D eigenvalue weighted by atomic mass is 79.9. The summed E-state index contributed by atoms with van der Waals surface area (Å²) in [6.45, 7) is 4.96. The van der Waals surface area contributed by atoms with E-state index in [0.717, 1.165) is 54.3 Å². The first kappa shape index (κ1) is 14.9. The highest BCUT2D eigenvalue weighted by molar-refractivity contribution is 9.10. The molecule has 1 saturated heterocycles. The fourth-order valence-electron chi connectivity index (χ4n) is 2.58. The molecule has 0 bridgehead atoms. The van der Waals surface area contributed by atoms with Gasteiger partial charge in [0.25, 0.3) is 0 Å². The summed E-state index contributed by atoms with van der Waals surface area (Å²) in [4.78, 5) is 9.16. The highest BCUT2D eigenvalue weighted by Gasteiger charge is 2.17. The van der Waals surface area contributed by atoms with E-state index in [2.05, 4.69) is 30.7 Å². The van der Waals surface area contributed by atoms with Crippen LogP contribution in [0.25, 0.3) is 0 Å². The molecule has 21 heavy (non-hydrogen) atoms. The lowest BCUT2D eigenvalue weighted by molar-refractivity contribution is 0.285. The summed E-state index contributed by atoms with van der Waals surface area (Å²) in [5.41, 5.74) is 1.14. The molecule has 1 aliphatic heterocycles. The molecule has 1 aliphatic rings. The first-order valence-corrected chi connectivity index (χ1v) is 8.70. The van der Waals surface area contributed by atoms with Crippen molar-refractivity contribution in [3.63, 3.8) is 0 Å². The molecule has 2 aromatic rings. The lowest BCUT2D eigenvalue weighted by Crippen LogP contribution is -2.30. The van der Waals surface area contributed by atoms with Gasteiger partial charge in [-0.25, -0.2) is 9.37 Å². The van der Waals surface area contributed by atoms with Crippen molar-refractivity contribution in [3.05, 3.63) is 45.6 Å². The van der Waals surface area contributed by atoms with E-state index in [1.54, 1.807) is 11.3 Å². The van der Waals surface area contributed by atoms with Crippen molar-refractivity contribution in [3.8, 4) is 0 Å². The molecule has 0 amide bonds. The van der Waals surface area contributed by atoms with Crippen LogP contribution in [0.5, 0.6) is 0 Å². The molecule has 0 N–H and O–H groups in total. The van der Waals surface area contributed by atoms with E-state index in [1.165, 1.54) is 12.1 Å². The van der Waals surface area contributed by atoms with Gasteiger partial charge in [-0.3, -0.25) is 4.90 Å². The summed E-state index contributed by atoms with van der Waals surface area (Å²) in [5.74, 6) is -0.198. The first-order valence-electron chi connectivity index (χ1n) is 7.03. The minimum absolute atomic E-state index is 0.198. The topological polar surface area (TPSA) is 19.4 Å². The number of nitrogens with zero attached hydrogens (tertiary/aromatic N) is 3. The van der Waals surface area contributed by atoms with Gasteiger partial charge in [0.2, 0.25) is 0 Å². The Morgan fingerprint density at radius 2 is 2.14 bits per heavy atom. The molecule has 3 rings (SSSR count). The van der Waals surface area contributed by atoms with Gasteiger partial charge in [0.15, 0.2) is 5.13 Å². The van der Waals surface area contributed by atoms with Crippen molar-refractivity contribution in [1.82, 2.24) is 9.88 Å². The summed E-state index contributed by atoms with van der Waals surface area (Å²) >= 11 is 5.15. The highest BCUT2D eigenvalue weighted by Crippen LogP contribution is 2.22. The van der Waals surface area contributed by atoms with Crippen LogP contribution in [0, 0.1) is 5.82 Å². The van der Waals surface area contributed by atoms with Crippen LogP contribution < -0.4 is 4.90 Å². The molecule has 1 fully saturated rings. The Balaban J connectivity index is 1.62. The molecule has 3 nitrogen and oxygen atoms in total. The fourth-order valence-corrected chi connectivity index (χ4v) is 3.76. The third kappa shape index (κ3) is 3.81. The zero-order valence-corrected chi connectivity index (χ0v) is 14.0. The van der Waals surface area contributed by atoms with Gasteiger partial charge < -0.3 is 4.90 Å². The number of hydrogen-bond acceptors (Lipinski definition) is 4. The third-order valence-electron chi connectivity index (χ3n) is 3.69. The monoisotopic (exact) mass is 369 g/mol. The van der Waals surface area contributed by atoms with Gasteiger partial charge in [-0.05, 0) is 24.1 Å². The molecule has 0 aliphatic carbocycles. The molecule has 0 atom stereocenters. The van der Waals surface area contributed by atoms with Crippen molar-refractivity contribution in [1.29, 1.82) is 0 Å². The van der Waals surface area contributed by atoms with Gasteiger partial charge in [0.05, 0.1) is 0 Å². The maximum absolute atomic E-state index is 13.1. The lowest BCUT2D eigenvalue weighted by Gasteiger charge is -2.22. The Bertz CT molecular complexity index is 591.